The van der Waals surface area contributed by atoms with Crippen molar-refractivity contribution in [1.82, 2.24) is 15.0 Å². The van der Waals surface area contributed by atoms with Gasteiger partial charge in [-0.2, -0.15) is 20.1 Å². The number of benzene rings is 2. The minimum absolute atomic E-state index is 0.388. The number of hydrogen-bond donors (Lipinski definition) is 2. The number of nitrogens with one attached hydrogen (secondary N) is 2. The average Bonchev–Trinajstić information content (AvgIpc) is 3.30. The van der Waals surface area contributed by atoms with Crippen LogP contribution in [0.25, 0.3) is 0 Å². The predicted octanol–water partition coefficient (Wildman–Crippen LogP) is 3.67. The van der Waals surface area contributed by atoms with Gasteiger partial charge in [0.15, 0.2) is 0 Å². The molecule has 0 amide bonds. The fraction of sp³-hybridized carbons (Fsp3) is 0.238. The lowest BCUT2D eigenvalue weighted by Gasteiger charge is -2.16. The van der Waals surface area contributed by atoms with E-state index in [4.69, 9.17) is 4.74 Å². The van der Waals surface area contributed by atoms with Crippen molar-refractivity contribution in [3.63, 3.8) is 0 Å². The van der Waals surface area contributed by atoms with Crippen LogP contribution in [0.3, 0.4) is 0 Å². The molecule has 0 saturated carbocycles. The van der Waals surface area contributed by atoms with Crippen molar-refractivity contribution in [2.45, 2.75) is 12.8 Å². The van der Waals surface area contributed by atoms with Crippen LogP contribution in [0.2, 0.25) is 0 Å². The molecule has 1 aliphatic rings. The Kier molecular flexibility index (Phi) is 5.80. The minimum Gasteiger partial charge on any atom is -0.497 e. The number of methoxy groups -OCH3 is 1. The van der Waals surface area contributed by atoms with Crippen molar-refractivity contribution in [1.29, 1.82) is 0 Å². The predicted molar refractivity (Wildman–Crippen MR) is 115 cm³/mol. The highest BCUT2D eigenvalue weighted by molar-refractivity contribution is 5.80. The molecule has 0 bridgehead atoms. The molecule has 1 aromatic heterocycles. The first-order valence-corrected chi connectivity index (χ1v) is 9.56. The number of nitrogens with zero attached hydrogens (tertiary/aromatic N) is 5. The molecule has 0 aliphatic carbocycles. The smallest absolute Gasteiger partial charge is 0.250 e. The van der Waals surface area contributed by atoms with Gasteiger partial charge in [-0.1, -0.05) is 30.3 Å². The largest absolute Gasteiger partial charge is 0.497 e. The Hall–Kier alpha value is -3.68. The molecule has 29 heavy (non-hydrogen) atoms. The van der Waals surface area contributed by atoms with Crippen molar-refractivity contribution in [2.24, 2.45) is 5.10 Å². The zero-order chi connectivity index (χ0) is 19.9. The van der Waals surface area contributed by atoms with E-state index in [0.717, 1.165) is 42.9 Å². The van der Waals surface area contributed by atoms with Crippen molar-refractivity contribution in [3.8, 4) is 5.75 Å². The molecule has 2 aromatic carbocycles. The fourth-order valence-corrected chi connectivity index (χ4v) is 3.07. The van der Waals surface area contributed by atoms with Crippen LogP contribution in [-0.4, -0.2) is 41.4 Å². The van der Waals surface area contributed by atoms with E-state index in [0.29, 0.717) is 17.8 Å². The monoisotopic (exact) mass is 389 g/mol. The average molecular weight is 389 g/mol. The molecule has 2 heterocycles. The van der Waals surface area contributed by atoms with Crippen LogP contribution in [-0.2, 0) is 0 Å². The highest BCUT2D eigenvalue weighted by atomic mass is 16.5. The van der Waals surface area contributed by atoms with Crippen molar-refractivity contribution >= 4 is 29.7 Å². The van der Waals surface area contributed by atoms with E-state index < -0.39 is 0 Å². The second-order valence-electron chi connectivity index (χ2n) is 6.61. The summed E-state index contributed by atoms with van der Waals surface area (Å²) in [5.41, 5.74) is 4.74. The highest BCUT2D eigenvalue weighted by Crippen LogP contribution is 2.20. The van der Waals surface area contributed by atoms with Crippen LogP contribution in [0.5, 0.6) is 5.75 Å². The van der Waals surface area contributed by atoms with Gasteiger partial charge in [0.05, 0.1) is 13.3 Å². The summed E-state index contributed by atoms with van der Waals surface area (Å²) in [5, 5.41) is 7.51. The zero-order valence-corrected chi connectivity index (χ0v) is 16.2. The number of rotatable bonds is 7. The van der Waals surface area contributed by atoms with Crippen LogP contribution in [0.1, 0.15) is 18.4 Å². The maximum absolute atomic E-state index is 5.24. The molecule has 0 unspecified atom stereocenters. The molecule has 0 spiro atoms. The minimum atomic E-state index is 0.388. The Morgan fingerprint density at radius 2 is 1.76 bits per heavy atom. The SMILES string of the molecule is COc1cccc(C=NNc2nc(Nc3ccccc3)nc(N3CCCC3)n2)c1. The lowest BCUT2D eigenvalue weighted by atomic mass is 10.2. The number of hydrazone groups is 1. The van der Waals surface area contributed by atoms with E-state index in [1.807, 2.05) is 54.6 Å². The Bertz CT molecular complexity index is 972. The van der Waals surface area contributed by atoms with Gasteiger partial charge in [-0.25, -0.2) is 5.43 Å². The fourth-order valence-electron chi connectivity index (χ4n) is 3.07. The van der Waals surface area contributed by atoms with Gasteiger partial charge in [0.1, 0.15) is 5.75 Å². The summed E-state index contributed by atoms with van der Waals surface area (Å²) >= 11 is 0. The third-order valence-electron chi connectivity index (χ3n) is 4.51. The molecule has 1 fully saturated rings. The van der Waals surface area contributed by atoms with Crippen LogP contribution in [0, 0.1) is 0 Å². The highest BCUT2D eigenvalue weighted by Gasteiger charge is 2.17. The molecule has 3 aromatic rings. The van der Waals surface area contributed by atoms with Crippen LogP contribution in [0.15, 0.2) is 59.7 Å². The van der Waals surface area contributed by atoms with Gasteiger partial charge in [-0.05, 0) is 42.7 Å². The molecular formula is C21H23N7O. The number of anilines is 4. The Balaban J connectivity index is 1.55. The molecule has 148 valence electrons. The van der Waals surface area contributed by atoms with Gasteiger partial charge in [0.25, 0.3) is 0 Å². The van der Waals surface area contributed by atoms with Gasteiger partial charge in [0, 0.05) is 18.8 Å². The van der Waals surface area contributed by atoms with E-state index >= 15 is 0 Å². The van der Waals surface area contributed by atoms with E-state index in [2.05, 4.69) is 35.7 Å². The number of hydrogen-bond acceptors (Lipinski definition) is 8. The van der Waals surface area contributed by atoms with E-state index in [1.54, 1.807) is 13.3 Å². The first kappa shape index (κ1) is 18.7. The second kappa shape index (κ2) is 9.01. The van der Waals surface area contributed by atoms with E-state index in [-0.39, 0.29) is 0 Å². The van der Waals surface area contributed by atoms with Crippen LogP contribution >= 0.6 is 0 Å². The Morgan fingerprint density at radius 3 is 2.55 bits per heavy atom. The summed E-state index contributed by atoms with van der Waals surface area (Å²) in [6.07, 6.45) is 3.99. The summed E-state index contributed by atoms with van der Waals surface area (Å²) in [7, 11) is 1.64. The molecule has 1 saturated heterocycles. The van der Waals surface area contributed by atoms with Gasteiger partial charge < -0.3 is 15.0 Å². The van der Waals surface area contributed by atoms with Crippen molar-refractivity contribution < 1.29 is 4.74 Å². The summed E-state index contributed by atoms with van der Waals surface area (Å²) in [6.45, 7) is 1.89. The lowest BCUT2D eigenvalue weighted by Crippen LogP contribution is -2.21. The molecule has 8 nitrogen and oxygen atoms in total. The topological polar surface area (TPSA) is 87.6 Å². The second-order valence-corrected chi connectivity index (χ2v) is 6.61. The molecular weight excluding hydrogens is 366 g/mol. The lowest BCUT2D eigenvalue weighted by molar-refractivity contribution is 0.415. The summed E-state index contributed by atoms with van der Waals surface area (Å²) in [6, 6.07) is 17.5. The van der Waals surface area contributed by atoms with Crippen LogP contribution in [0.4, 0.5) is 23.5 Å². The summed E-state index contributed by atoms with van der Waals surface area (Å²) < 4.78 is 5.24. The first-order valence-electron chi connectivity index (χ1n) is 9.56. The number of para-hydroxylation sites is 1. The van der Waals surface area contributed by atoms with Crippen molar-refractivity contribution in [3.05, 3.63) is 60.2 Å². The van der Waals surface area contributed by atoms with E-state index in [1.165, 1.54) is 0 Å². The van der Waals surface area contributed by atoms with Gasteiger partial charge >= 0.3 is 0 Å². The summed E-state index contributed by atoms with van der Waals surface area (Å²) in [4.78, 5) is 15.7. The Morgan fingerprint density at radius 1 is 0.966 bits per heavy atom. The van der Waals surface area contributed by atoms with Gasteiger partial charge in [0.2, 0.25) is 17.8 Å². The maximum Gasteiger partial charge on any atom is 0.250 e. The number of ether oxygens (including phenoxy) is 1. The third kappa shape index (κ3) is 4.98. The van der Waals surface area contributed by atoms with Crippen LogP contribution < -0.4 is 20.4 Å². The molecule has 1 aliphatic heterocycles. The van der Waals surface area contributed by atoms with Crippen molar-refractivity contribution in [2.75, 3.05) is 35.8 Å². The first-order chi connectivity index (χ1) is 14.3. The maximum atomic E-state index is 5.24. The molecule has 2 N–H and O–H groups in total. The standard InChI is InChI=1S/C21H23N7O/c1-29-18-11-7-8-16(14-18)15-22-27-20-24-19(23-17-9-3-2-4-10-17)25-21(26-20)28-12-5-6-13-28/h2-4,7-11,14-15H,5-6,12-13H2,1H3,(H2,23,24,25,26,27). The zero-order valence-electron chi connectivity index (χ0n) is 16.2. The molecule has 0 atom stereocenters. The van der Waals surface area contributed by atoms with Gasteiger partial charge in [-0.15, -0.1) is 0 Å². The Labute approximate surface area is 169 Å². The summed E-state index contributed by atoms with van der Waals surface area (Å²) in [5.74, 6) is 2.29. The van der Waals surface area contributed by atoms with Gasteiger partial charge in [-0.3, -0.25) is 0 Å². The number of aromatic nitrogens is 3. The molecule has 8 heteroatoms. The normalized spacial score (nSPS) is 13.6. The third-order valence-corrected chi connectivity index (χ3v) is 4.51. The van der Waals surface area contributed by atoms with E-state index in [9.17, 15) is 0 Å². The molecule has 0 radical (unpaired) electrons. The molecule has 4 rings (SSSR count). The quantitative estimate of drug-likeness (QED) is 0.471.